The van der Waals surface area contributed by atoms with Crippen molar-refractivity contribution in [3.63, 3.8) is 0 Å². The van der Waals surface area contributed by atoms with Crippen LogP contribution in [0.2, 0.25) is 0 Å². The van der Waals surface area contributed by atoms with Crippen molar-refractivity contribution in [2.24, 2.45) is 35.0 Å². The first-order valence-corrected chi connectivity index (χ1v) is 10.9. The van der Waals surface area contributed by atoms with Gasteiger partial charge in [0, 0.05) is 0 Å². The Kier molecular flexibility index (Phi) is 9.24. The number of hydrogen-bond acceptors (Lipinski definition) is 0. The van der Waals surface area contributed by atoms with Crippen LogP contribution in [-0.2, 0) is 0 Å². The Morgan fingerprint density at radius 1 is 0.739 bits per heavy atom. The Morgan fingerprint density at radius 2 is 1.22 bits per heavy atom. The first-order valence-electron chi connectivity index (χ1n) is 10.9. The van der Waals surface area contributed by atoms with E-state index in [2.05, 4.69) is 48.5 Å². The number of unbranched alkanes of at least 4 members (excludes halogenated alkanes) is 6. The Hall–Kier alpha value is 0. The lowest BCUT2D eigenvalue weighted by Crippen LogP contribution is -2.57. The number of hydrogen-bond donors (Lipinski definition) is 0. The monoisotopic (exact) mass is 322 g/mol. The van der Waals surface area contributed by atoms with Gasteiger partial charge in [0.2, 0.25) is 0 Å². The Balaban J connectivity index is 2.51. The molecule has 0 spiro atoms. The highest BCUT2D eigenvalue weighted by Crippen LogP contribution is 2.62. The van der Waals surface area contributed by atoms with Crippen molar-refractivity contribution in [3.8, 4) is 0 Å². The zero-order chi connectivity index (χ0) is 17.5. The minimum absolute atomic E-state index is 0.580. The molecule has 1 aliphatic carbocycles. The molecule has 3 atom stereocenters. The highest BCUT2D eigenvalue weighted by molar-refractivity contribution is 5.05. The van der Waals surface area contributed by atoms with E-state index in [0.717, 1.165) is 29.6 Å². The van der Waals surface area contributed by atoms with Gasteiger partial charge in [-0.05, 0) is 35.0 Å². The Morgan fingerprint density at radius 3 is 1.74 bits per heavy atom. The summed E-state index contributed by atoms with van der Waals surface area (Å²) in [4.78, 5) is 0. The quantitative estimate of drug-likeness (QED) is 0.318. The van der Waals surface area contributed by atoms with Crippen LogP contribution in [0.25, 0.3) is 0 Å². The van der Waals surface area contributed by atoms with Gasteiger partial charge >= 0.3 is 0 Å². The largest absolute Gasteiger partial charge is 0.0654 e. The molecule has 0 heteroatoms. The van der Waals surface area contributed by atoms with E-state index in [9.17, 15) is 0 Å². The molecule has 0 aromatic heterocycles. The van der Waals surface area contributed by atoms with Crippen LogP contribution in [0.4, 0.5) is 0 Å². The van der Waals surface area contributed by atoms with Crippen LogP contribution in [0, 0.1) is 35.0 Å². The molecule has 0 aliphatic heterocycles. The molecule has 0 radical (unpaired) electrons. The second-order valence-corrected chi connectivity index (χ2v) is 9.13. The topological polar surface area (TPSA) is 0 Å². The molecule has 0 nitrogen and oxygen atoms in total. The molecule has 23 heavy (non-hydrogen) atoms. The molecule has 138 valence electrons. The van der Waals surface area contributed by atoms with E-state index >= 15 is 0 Å². The van der Waals surface area contributed by atoms with E-state index in [1.165, 1.54) is 64.2 Å². The maximum atomic E-state index is 2.56. The second kappa shape index (κ2) is 10.1. The van der Waals surface area contributed by atoms with Gasteiger partial charge in [0.25, 0.3) is 0 Å². The summed E-state index contributed by atoms with van der Waals surface area (Å²) in [5.74, 6) is 4.64. The highest BCUT2D eigenvalue weighted by Gasteiger charge is 2.57. The van der Waals surface area contributed by atoms with Crippen LogP contribution in [0.15, 0.2) is 0 Å². The summed E-state index contributed by atoms with van der Waals surface area (Å²) in [6, 6.07) is 0. The fraction of sp³-hybridized carbons (Fsp3) is 1.00. The zero-order valence-electron chi connectivity index (χ0n) is 17.5. The van der Waals surface area contributed by atoms with Gasteiger partial charge in [-0.15, -0.1) is 0 Å². The molecule has 0 heterocycles. The van der Waals surface area contributed by atoms with Gasteiger partial charge in [0.05, 0.1) is 0 Å². The van der Waals surface area contributed by atoms with E-state index in [1.54, 1.807) is 0 Å². The molecule has 0 aromatic rings. The Bertz CT molecular complexity index is 293. The van der Waals surface area contributed by atoms with Crippen LogP contribution in [0.3, 0.4) is 0 Å². The van der Waals surface area contributed by atoms with Crippen LogP contribution in [0.1, 0.15) is 113 Å². The van der Waals surface area contributed by atoms with Gasteiger partial charge < -0.3 is 0 Å². The van der Waals surface area contributed by atoms with Crippen molar-refractivity contribution in [2.45, 2.75) is 113 Å². The second-order valence-electron chi connectivity index (χ2n) is 9.13. The summed E-state index contributed by atoms with van der Waals surface area (Å²) in [5.41, 5.74) is 0.580. The predicted octanol–water partition coefficient (Wildman–Crippen LogP) is 8.11. The van der Waals surface area contributed by atoms with Crippen LogP contribution in [0.5, 0.6) is 0 Å². The SMILES string of the molecule is CCCCCCCCC(CCCC)C1C(C)C(C)(C(C)C)C1C. The van der Waals surface area contributed by atoms with E-state index in [0.29, 0.717) is 5.41 Å². The molecular formula is C23H46. The molecule has 1 rings (SSSR count). The minimum Gasteiger partial charge on any atom is -0.0654 e. The predicted molar refractivity (Wildman–Crippen MR) is 106 cm³/mol. The molecule has 1 fully saturated rings. The summed E-state index contributed by atoms with van der Waals surface area (Å²) >= 11 is 0. The first kappa shape index (κ1) is 21.0. The minimum atomic E-state index is 0.580. The van der Waals surface area contributed by atoms with Crippen LogP contribution >= 0.6 is 0 Å². The lowest BCUT2D eigenvalue weighted by atomic mass is 9.42. The van der Waals surface area contributed by atoms with Gasteiger partial charge in [-0.2, -0.15) is 0 Å². The highest BCUT2D eigenvalue weighted by atomic mass is 14.6. The van der Waals surface area contributed by atoms with Crippen molar-refractivity contribution >= 4 is 0 Å². The normalized spacial score (nSPS) is 32.1. The fourth-order valence-electron chi connectivity index (χ4n) is 5.61. The maximum Gasteiger partial charge on any atom is -0.0246 e. The van der Waals surface area contributed by atoms with Crippen molar-refractivity contribution in [1.29, 1.82) is 0 Å². The molecule has 1 saturated carbocycles. The third kappa shape index (κ3) is 4.99. The van der Waals surface area contributed by atoms with Crippen molar-refractivity contribution in [2.75, 3.05) is 0 Å². The molecule has 0 saturated heterocycles. The summed E-state index contributed by atoms with van der Waals surface area (Å²) in [6.07, 6.45) is 14.5. The molecular weight excluding hydrogens is 276 g/mol. The van der Waals surface area contributed by atoms with E-state index in [-0.39, 0.29) is 0 Å². The number of rotatable bonds is 12. The van der Waals surface area contributed by atoms with E-state index in [1.807, 2.05) is 0 Å². The molecule has 0 amide bonds. The van der Waals surface area contributed by atoms with Crippen molar-refractivity contribution < 1.29 is 0 Å². The lowest BCUT2D eigenvalue weighted by Gasteiger charge is -2.63. The fourth-order valence-corrected chi connectivity index (χ4v) is 5.61. The summed E-state index contributed by atoms with van der Waals surface area (Å²) in [6.45, 7) is 17.2. The van der Waals surface area contributed by atoms with E-state index < -0.39 is 0 Å². The zero-order valence-corrected chi connectivity index (χ0v) is 17.5. The average molecular weight is 323 g/mol. The van der Waals surface area contributed by atoms with Gasteiger partial charge in [-0.3, -0.25) is 0 Å². The van der Waals surface area contributed by atoms with Gasteiger partial charge in [0.15, 0.2) is 0 Å². The Labute approximate surface area is 148 Å². The van der Waals surface area contributed by atoms with Gasteiger partial charge in [-0.1, -0.05) is 113 Å². The molecule has 0 bridgehead atoms. The van der Waals surface area contributed by atoms with Gasteiger partial charge in [-0.25, -0.2) is 0 Å². The third-order valence-corrected chi connectivity index (χ3v) is 7.76. The van der Waals surface area contributed by atoms with Crippen molar-refractivity contribution in [3.05, 3.63) is 0 Å². The third-order valence-electron chi connectivity index (χ3n) is 7.76. The summed E-state index contributed by atoms with van der Waals surface area (Å²) < 4.78 is 0. The van der Waals surface area contributed by atoms with Gasteiger partial charge in [0.1, 0.15) is 0 Å². The standard InChI is InChI=1S/C23H46/c1-8-10-12-13-14-15-17-21(16-11-9-2)22-19(5)23(7,18(3)4)20(22)6/h18-22H,8-17H2,1-7H3. The maximum absolute atomic E-state index is 2.56. The van der Waals surface area contributed by atoms with Crippen LogP contribution in [-0.4, -0.2) is 0 Å². The molecule has 0 N–H and O–H groups in total. The summed E-state index contributed by atoms with van der Waals surface area (Å²) in [5, 5.41) is 0. The molecule has 3 unspecified atom stereocenters. The summed E-state index contributed by atoms with van der Waals surface area (Å²) in [7, 11) is 0. The van der Waals surface area contributed by atoms with E-state index in [4.69, 9.17) is 0 Å². The molecule has 0 aromatic carbocycles. The smallest absolute Gasteiger partial charge is 0.0246 e. The van der Waals surface area contributed by atoms with Crippen molar-refractivity contribution in [1.82, 2.24) is 0 Å². The van der Waals surface area contributed by atoms with Crippen LogP contribution < -0.4 is 0 Å². The average Bonchev–Trinajstić information content (AvgIpc) is 2.54. The molecule has 1 aliphatic rings. The lowest BCUT2D eigenvalue weighted by molar-refractivity contribution is -0.151. The first-order chi connectivity index (χ1) is 10.9.